The number of hydrogen-bond donors (Lipinski definition) is 2. The van der Waals surface area contributed by atoms with Gasteiger partial charge in [0.25, 0.3) is 0 Å². The minimum absolute atomic E-state index is 0.0913. The molecule has 1 heterocycles. The van der Waals surface area contributed by atoms with Crippen LogP contribution in [0, 0.1) is 13.8 Å². The van der Waals surface area contributed by atoms with Crippen LogP contribution < -0.4 is 4.72 Å². The number of sulfonamides is 1. The van der Waals surface area contributed by atoms with E-state index >= 15 is 0 Å². The normalized spacial score (nSPS) is 11.6. The summed E-state index contributed by atoms with van der Waals surface area (Å²) in [7, 11) is -3.57. The van der Waals surface area contributed by atoms with Crippen molar-refractivity contribution in [1.82, 2.24) is 4.72 Å². The Balaban J connectivity index is 2.78. The molecular formula is C9H13NO4S2. The fraction of sp³-hybridized carbons (Fsp3) is 0.444. The van der Waals surface area contributed by atoms with E-state index in [1.54, 1.807) is 13.0 Å². The number of carbonyl (C=O) groups is 1. The second-order valence-corrected chi connectivity index (χ2v) is 6.51. The summed E-state index contributed by atoms with van der Waals surface area (Å²) in [4.78, 5) is 12.1. The SMILES string of the molecule is Cc1cc(S(=O)(=O)NCCC(=O)O)c(C)s1. The molecule has 0 aliphatic carbocycles. The summed E-state index contributed by atoms with van der Waals surface area (Å²) < 4.78 is 25.8. The summed E-state index contributed by atoms with van der Waals surface area (Å²) in [5.41, 5.74) is 0. The molecule has 0 saturated carbocycles. The molecule has 16 heavy (non-hydrogen) atoms. The van der Waals surface area contributed by atoms with Crippen LogP contribution in [0.15, 0.2) is 11.0 Å². The van der Waals surface area contributed by atoms with E-state index in [2.05, 4.69) is 4.72 Å². The van der Waals surface area contributed by atoms with E-state index in [0.29, 0.717) is 4.88 Å². The molecule has 5 nitrogen and oxygen atoms in total. The second-order valence-electron chi connectivity index (χ2n) is 3.32. The third-order valence-electron chi connectivity index (χ3n) is 1.92. The first kappa shape index (κ1) is 13.1. The molecule has 1 rings (SSSR count). The number of nitrogens with one attached hydrogen (secondary N) is 1. The van der Waals surface area contributed by atoms with Crippen LogP contribution in [0.4, 0.5) is 0 Å². The molecule has 0 aromatic carbocycles. The lowest BCUT2D eigenvalue weighted by molar-refractivity contribution is -0.136. The molecule has 0 atom stereocenters. The highest BCUT2D eigenvalue weighted by Gasteiger charge is 2.18. The van der Waals surface area contributed by atoms with E-state index in [-0.39, 0.29) is 17.9 Å². The Morgan fingerprint density at radius 1 is 1.50 bits per heavy atom. The highest BCUT2D eigenvalue weighted by atomic mass is 32.2. The quantitative estimate of drug-likeness (QED) is 0.833. The van der Waals surface area contributed by atoms with E-state index in [1.807, 2.05) is 6.92 Å². The van der Waals surface area contributed by atoms with Crippen molar-refractivity contribution in [2.45, 2.75) is 25.2 Å². The Hall–Kier alpha value is -0.920. The Kier molecular flexibility index (Phi) is 4.06. The van der Waals surface area contributed by atoms with Crippen LogP contribution in [0.1, 0.15) is 16.2 Å². The van der Waals surface area contributed by atoms with Gasteiger partial charge in [-0.1, -0.05) is 0 Å². The second kappa shape index (κ2) is 4.94. The fourth-order valence-electron chi connectivity index (χ4n) is 1.24. The van der Waals surface area contributed by atoms with Gasteiger partial charge in [0, 0.05) is 16.3 Å². The first-order chi connectivity index (χ1) is 7.33. The standard InChI is InChI=1S/C9H13NO4S2/c1-6-5-8(7(2)15-6)16(13,14)10-4-3-9(11)12/h5,10H,3-4H2,1-2H3,(H,11,12). The van der Waals surface area contributed by atoms with Crippen molar-refractivity contribution >= 4 is 27.3 Å². The molecule has 0 bridgehead atoms. The predicted molar refractivity (Wildman–Crippen MR) is 61.2 cm³/mol. The van der Waals surface area contributed by atoms with E-state index < -0.39 is 16.0 Å². The van der Waals surface area contributed by atoms with Crippen LogP contribution in [-0.4, -0.2) is 26.0 Å². The van der Waals surface area contributed by atoms with Crippen molar-refractivity contribution in [2.24, 2.45) is 0 Å². The molecule has 0 aliphatic heterocycles. The van der Waals surface area contributed by atoms with Gasteiger partial charge in [0.2, 0.25) is 10.0 Å². The van der Waals surface area contributed by atoms with Crippen molar-refractivity contribution in [2.75, 3.05) is 6.54 Å². The summed E-state index contributed by atoms with van der Waals surface area (Å²) in [6.45, 7) is 3.46. The van der Waals surface area contributed by atoms with Crippen LogP contribution in [0.25, 0.3) is 0 Å². The minimum atomic E-state index is -3.57. The lowest BCUT2D eigenvalue weighted by Gasteiger charge is -2.04. The Labute approximate surface area is 98.2 Å². The van der Waals surface area contributed by atoms with E-state index in [9.17, 15) is 13.2 Å². The number of aryl methyl sites for hydroxylation is 2. The van der Waals surface area contributed by atoms with Gasteiger partial charge in [0.15, 0.2) is 0 Å². The lowest BCUT2D eigenvalue weighted by Crippen LogP contribution is -2.26. The monoisotopic (exact) mass is 263 g/mol. The molecule has 0 unspecified atom stereocenters. The van der Waals surface area contributed by atoms with Crippen LogP contribution in [0.3, 0.4) is 0 Å². The van der Waals surface area contributed by atoms with Gasteiger partial charge in [0.1, 0.15) is 0 Å². The Morgan fingerprint density at radius 3 is 2.56 bits per heavy atom. The third-order valence-corrected chi connectivity index (χ3v) is 4.60. The van der Waals surface area contributed by atoms with E-state index in [4.69, 9.17) is 5.11 Å². The average Bonchev–Trinajstić information content (AvgIpc) is 2.44. The topological polar surface area (TPSA) is 83.5 Å². The lowest BCUT2D eigenvalue weighted by atomic mass is 10.4. The van der Waals surface area contributed by atoms with E-state index in [1.165, 1.54) is 11.3 Å². The van der Waals surface area contributed by atoms with Crippen molar-refractivity contribution in [3.05, 3.63) is 15.8 Å². The molecule has 90 valence electrons. The Morgan fingerprint density at radius 2 is 2.12 bits per heavy atom. The molecule has 0 radical (unpaired) electrons. The van der Waals surface area contributed by atoms with Gasteiger partial charge < -0.3 is 5.11 Å². The Bertz CT molecular complexity index is 490. The summed E-state index contributed by atoms with van der Waals surface area (Å²) in [5, 5.41) is 8.41. The van der Waals surface area contributed by atoms with Crippen molar-refractivity contribution < 1.29 is 18.3 Å². The van der Waals surface area contributed by atoms with Gasteiger partial charge in [0.05, 0.1) is 11.3 Å². The molecule has 0 fully saturated rings. The van der Waals surface area contributed by atoms with Crippen LogP contribution in [-0.2, 0) is 14.8 Å². The fourth-order valence-corrected chi connectivity index (χ4v) is 3.83. The molecule has 0 amide bonds. The number of carboxylic acid groups (broad SMARTS) is 1. The molecule has 7 heteroatoms. The first-order valence-electron chi connectivity index (χ1n) is 4.61. The maximum Gasteiger partial charge on any atom is 0.304 e. The van der Waals surface area contributed by atoms with Gasteiger partial charge >= 0.3 is 5.97 Å². The van der Waals surface area contributed by atoms with Crippen LogP contribution >= 0.6 is 11.3 Å². The third kappa shape index (κ3) is 3.29. The zero-order valence-electron chi connectivity index (χ0n) is 8.98. The van der Waals surface area contributed by atoms with Gasteiger partial charge in [-0.3, -0.25) is 4.79 Å². The summed E-state index contributed by atoms with van der Waals surface area (Å²) in [6, 6.07) is 1.59. The van der Waals surface area contributed by atoms with Gasteiger partial charge in [-0.05, 0) is 19.9 Å². The molecule has 0 spiro atoms. The van der Waals surface area contributed by atoms with Gasteiger partial charge in [-0.15, -0.1) is 11.3 Å². The average molecular weight is 263 g/mol. The molecular weight excluding hydrogens is 250 g/mol. The number of hydrogen-bond acceptors (Lipinski definition) is 4. The number of thiophene rings is 1. The minimum Gasteiger partial charge on any atom is -0.481 e. The summed E-state index contributed by atoms with van der Waals surface area (Å²) in [6.07, 6.45) is -0.221. The van der Waals surface area contributed by atoms with E-state index in [0.717, 1.165) is 4.88 Å². The van der Waals surface area contributed by atoms with Crippen molar-refractivity contribution in [1.29, 1.82) is 0 Å². The van der Waals surface area contributed by atoms with Gasteiger partial charge in [-0.25, -0.2) is 13.1 Å². The maximum atomic E-state index is 11.8. The summed E-state index contributed by atoms with van der Waals surface area (Å²) >= 11 is 1.40. The smallest absolute Gasteiger partial charge is 0.304 e. The van der Waals surface area contributed by atoms with Crippen molar-refractivity contribution in [3.8, 4) is 0 Å². The van der Waals surface area contributed by atoms with Crippen LogP contribution in [0.2, 0.25) is 0 Å². The van der Waals surface area contributed by atoms with Crippen LogP contribution in [0.5, 0.6) is 0 Å². The number of carboxylic acids is 1. The zero-order valence-corrected chi connectivity index (χ0v) is 10.6. The zero-order chi connectivity index (χ0) is 12.3. The highest BCUT2D eigenvalue weighted by Crippen LogP contribution is 2.24. The molecule has 2 N–H and O–H groups in total. The number of aliphatic carboxylic acids is 1. The number of rotatable bonds is 5. The summed E-state index contributed by atoms with van der Waals surface area (Å²) in [5.74, 6) is -1.03. The first-order valence-corrected chi connectivity index (χ1v) is 6.91. The van der Waals surface area contributed by atoms with Crippen molar-refractivity contribution in [3.63, 3.8) is 0 Å². The largest absolute Gasteiger partial charge is 0.481 e. The van der Waals surface area contributed by atoms with Gasteiger partial charge in [-0.2, -0.15) is 0 Å². The molecule has 1 aromatic rings. The maximum absolute atomic E-state index is 11.8. The highest BCUT2D eigenvalue weighted by molar-refractivity contribution is 7.89. The molecule has 0 saturated heterocycles. The molecule has 1 aromatic heterocycles. The molecule has 0 aliphatic rings. The predicted octanol–water partition coefficient (Wildman–Crippen LogP) is 1.12.